The minimum absolute atomic E-state index is 0.0352. The number of nitrogens with two attached hydrogens (primary N) is 2. The second kappa shape index (κ2) is 10.1. The molecule has 0 aromatic carbocycles. The van der Waals surface area contributed by atoms with E-state index in [1.54, 1.807) is 0 Å². The van der Waals surface area contributed by atoms with E-state index in [2.05, 4.69) is 5.32 Å². The van der Waals surface area contributed by atoms with Crippen molar-refractivity contribution in [3.63, 3.8) is 0 Å². The van der Waals surface area contributed by atoms with Gasteiger partial charge in [-0.1, -0.05) is 6.42 Å². The van der Waals surface area contributed by atoms with Crippen molar-refractivity contribution in [2.45, 2.75) is 68.6 Å². The summed E-state index contributed by atoms with van der Waals surface area (Å²) in [6.45, 7) is 1.27. The van der Waals surface area contributed by atoms with Crippen LogP contribution in [-0.4, -0.2) is 107 Å². The fourth-order valence-electron chi connectivity index (χ4n) is 4.55. The average molecular weight is 491 g/mol. The van der Waals surface area contributed by atoms with Crippen LogP contribution in [-0.2, 0) is 24.5 Å². The fraction of sp³-hybridized carbons (Fsp3) is 0.889. The molecule has 3 rings (SSSR count). The summed E-state index contributed by atoms with van der Waals surface area (Å²) < 4.78 is 35.4. The second-order valence-electron chi connectivity index (χ2n) is 9.32. The van der Waals surface area contributed by atoms with E-state index in [4.69, 9.17) is 26.3 Å². The molecule has 0 unspecified atom stereocenters. The summed E-state index contributed by atoms with van der Waals surface area (Å²) in [5.41, 5.74) is 10.0. The van der Waals surface area contributed by atoms with Crippen LogP contribution < -0.4 is 16.8 Å². The number of amides is 1. The lowest BCUT2D eigenvalue weighted by Crippen LogP contribution is -2.59. The Balaban J connectivity index is 1.81. The highest BCUT2D eigenvalue weighted by atomic mass is 32.2. The zero-order chi connectivity index (χ0) is 24.6. The van der Waals surface area contributed by atoms with E-state index < -0.39 is 65.3 Å². The summed E-state index contributed by atoms with van der Waals surface area (Å²) in [6.07, 6.45) is 1.86. The molecule has 8 N–H and O–H groups in total. The lowest BCUT2D eigenvalue weighted by Gasteiger charge is -2.34. The van der Waals surface area contributed by atoms with Crippen molar-refractivity contribution in [2.24, 2.45) is 17.4 Å². The van der Waals surface area contributed by atoms with Gasteiger partial charge in [-0.2, -0.15) is 17.0 Å². The molecule has 2 saturated heterocycles. The third-order valence-corrected chi connectivity index (χ3v) is 8.65. The molecule has 1 aliphatic carbocycles. The number of carbonyl (C=O) groups is 2. The van der Waals surface area contributed by atoms with Gasteiger partial charge in [-0.25, -0.2) is 0 Å². The number of hydrogen-bond donors (Lipinski definition) is 6. The first-order valence-electron chi connectivity index (χ1n) is 11.2. The monoisotopic (exact) mass is 491 g/mol. The summed E-state index contributed by atoms with van der Waals surface area (Å²) in [4.78, 5) is 24.1. The van der Waals surface area contributed by atoms with Crippen LogP contribution >= 0.6 is 0 Å². The number of nitrogens with zero attached hydrogens (tertiary/aromatic N) is 2. The predicted molar refractivity (Wildman–Crippen MR) is 118 cm³/mol. The molecular formula is C18H34BN5O8S. The Morgan fingerprint density at radius 2 is 2.00 bits per heavy atom. The minimum atomic E-state index is -4.13. The Hall–Kier alpha value is -1.33. The SMILES string of the molecule is C[C@H](N)C(=O)N[C@H]1COC[C@@H]1N(C1CC1)S(=O)(=O)N1C[C@H](CCCB(O)O)[C@](N)(C(=O)O)C1. The molecule has 3 aliphatic rings. The maximum absolute atomic E-state index is 13.7. The highest BCUT2D eigenvalue weighted by Gasteiger charge is 2.56. The lowest BCUT2D eigenvalue weighted by molar-refractivity contribution is -0.144. The molecular weight excluding hydrogens is 457 g/mol. The quantitative estimate of drug-likeness (QED) is 0.160. The molecule has 15 heteroatoms. The lowest BCUT2D eigenvalue weighted by atomic mass is 9.78. The Labute approximate surface area is 193 Å². The Morgan fingerprint density at radius 1 is 1.33 bits per heavy atom. The van der Waals surface area contributed by atoms with Gasteiger partial charge in [0.15, 0.2) is 0 Å². The van der Waals surface area contributed by atoms with Gasteiger partial charge in [-0.05, 0) is 32.5 Å². The molecule has 2 aliphatic heterocycles. The first-order valence-corrected chi connectivity index (χ1v) is 12.6. The topological polar surface area (TPSA) is 209 Å². The van der Waals surface area contributed by atoms with Gasteiger partial charge >= 0.3 is 13.1 Å². The standard InChI is InChI=1S/C18H34BN5O8S/c1-11(20)16(25)22-14-8-32-9-15(14)24(13-4-5-13)33(30,31)23-7-12(3-2-6-19(28)29)18(21,10-23)17(26)27/h11-15,28-29H,2-10,20-21H2,1H3,(H,22,25)(H,26,27)/t11-,12-,14-,15-,18-/m0/s1. The maximum atomic E-state index is 13.7. The number of ether oxygens (including phenoxy) is 1. The molecule has 5 atom stereocenters. The Bertz CT molecular complexity index is 842. The molecule has 1 saturated carbocycles. The second-order valence-corrected chi connectivity index (χ2v) is 11.2. The molecule has 1 amide bonds. The first-order chi connectivity index (χ1) is 15.4. The number of carboxylic acid groups (broad SMARTS) is 1. The Morgan fingerprint density at radius 3 is 2.55 bits per heavy atom. The molecule has 0 aromatic heterocycles. The third kappa shape index (κ3) is 5.67. The number of carboxylic acids is 1. The number of aliphatic carboxylic acids is 1. The van der Waals surface area contributed by atoms with Crippen LogP contribution in [0.15, 0.2) is 0 Å². The largest absolute Gasteiger partial charge is 0.480 e. The first kappa shape index (κ1) is 26.3. The van der Waals surface area contributed by atoms with Gasteiger partial charge < -0.3 is 36.7 Å². The van der Waals surface area contributed by atoms with Crippen LogP contribution in [0.1, 0.15) is 32.6 Å². The van der Waals surface area contributed by atoms with Gasteiger partial charge in [0.2, 0.25) is 5.91 Å². The number of nitrogens with one attached hydrogen (secondary N) is 1. The van der Waals surface area contributed by atoms with E-state index >= 15 is 0 Å². The van der Waals surface area contributed by atoms with E-state index in [1.165, 1.54) is 11.2 Å². The van der Waals surface area contributed by atoms with Crippen molar-refractivity contribution in [3.05, 3.63) is 0 Å². The predicted octanol–water partition coefficient (Wildman–Crippen LogP) is -3.11. The van der Waals surface area contributed by atoms with Gasteiger partial charge in [-0.15, -0.1) is 0 Å². The maximum Gasteiger partial charge on any atom is 0.451 e. The zero-order valence-electron chi connectivity index (χ0n) is 18.7. The molecule has 3 fully saturated rings. The smallest absolute Gasteiger partial charge is 0.451 e. The van der Waals surface area contributed by atoms with E-state index in [1.807, 2.05) is 0 Å². The summed E-state index contributed by atoms with van der Waals surface area (Å²) in [7, 11) is -5.66. The third-order valence-electron chi connectivity index (χ3n) is 6.62. The normalized spacial score (nSPS) is 31.6. The molecule has 0 aromatic rings. The fourth-order valence-corrected chi connectivity index (χ4v) is 6.70. The summed E-state index contributed by atoms with van der Waals surface area (Å²) in [5.74, 6) is -2.42. The molecule has 0 bridgehead atoms. The van der Waals surface area contributed by atoms with Crippen LogP contribution in [0.5, 0.6) is 0 Å². The molecule has 13 nitrogen and oxygen atoms in total. The van der Waals surface area contributed by atoms with E-state index in [9.17, 15) is 23.1 Å². The van der Waals surface area contributed by atoms with Crippen molar-refractivity contribution in [3.8, 4) is 0 Å². The minimum Gasteiger partial charge on any atom is -0.480 e. The van der Waals surface area contributed by atoms with Gasteiger partial charge in [0.1, 0.15) is 5.54 Å². The number of carbonyl (C=O) groups excluding carboxylic acids is 1. The highest BCUT2D eigenvalue weighted by Crippen LogP contribution is 2.39. The van der Waals surface area contributed by atoms with Crippen molar-refractivity contribution in [1.29, 1.82) is 0 Å². The molecule has 2 heterocycles. The van der Waals surface area contributed by atoms with Crippen LogP contribution in [0.2, 0.25) is 6.32 Å². The van der Waals surface area contributed by atoms with E-state index in [0.717, 1.165) is 4.31 Å². The Kier molecular flexibility index (Phi) is 8.06. The van der Waals surface area contributed by atoms with Gasteiger partial charge in [0.05, 0.1) is 31.3 Å². The molecule has 188 valence electrons. The van der Waals surface area contributed by atoms with Crippen molar-refractivity contribution in [2.75, 3.05) is 26.3 Å². The van der Waals surface area contributed by atoms with Crippen LogP contribution in [0.3, 0.4) is 0 Å². The highest BCUT2D eigenvalue weighted by molar-refractivity contribution is 7.86. The van der Waals surface area contributed by atoms with Crippen LogP contribution in [0.25, 0.3) is 0 Å². The van der Waals surface area contributed by atoms with E-state index in [-0.39, 0.29) is 45.0 Å². The zero-order valence-corrected chi connectivity index (χ0v) is 19.5. The van der Waals surface area contributed by atoms with Gasteiger partial charge in [0.25, 0.3) is 10.2 Å². The van der Waals surface area contributed by atoms with Crippen LogP contribution in [0.4, 0.5) is 0 Å². The molecule has 0 radical (unpaired) electrons. The van der Waals surface area contributed by atoms with Crippen molar-refractivity contribution in [1.82, 2.24) is 13.9 Å². The molecule has 0 spiro atoms. The average Bonchev–Trinajstić information content (AvgIpc) is 3.33. The van der Waals surface area contributed by atoms with Crippen molar-refractivity contribution < 1.29 is 37.9 Å². The van der Waals surface area contributed by atoms with Crippen molar-refractivity contribution >= 4 is 29.2 Å². The number of hydrogen-bond acceptors (Lipinski definition) is 9. The summed E-state index contributed by atoms with van der Waals surface area (Å²) in [5, 5.41) is 30.7. The van der Waals surface area contributed by atoms with Gasteiger partial charge in [-0.3, -0.25) is 9.59 Å². The summed E-state index contributed by atoms with van der Waals surface area (Å²) in [6, 6.07) is -2.25. The summed E-state index contributed by atoms with van der Waals surface area (Å²) >= 11 is 0. The molecule has 33 heavy (non-hydrogen) atoms. The van der Waals surface area contributed by atoms with Crippen LogP contribution in [0, 0.1) is 5.92 Å². The van der Waals surface area contributed by atoms with Gasteiger partial charge in [0, 0.05) is 25.0 Å². The van der Waals surface area contributed by atoms with E-state index in [0.29, 0.717) is 12.8 Å². The number of rotatable bonds is 11.